The maximum Gasteiger partial charge on any atom is 0.358 e. The number of hydrogen-bond donors (Lipinski definition) is 1. The zero-order chi connectivity index (χ0) is 9.42. The van der Waals surface area contributed by atoms with Crippen LogP contribution in [0, 0.1) is 0 Å². The largest absolute Gasteiger partial charge is 0.464 e. The topological polar surface area (TPSA) is 56.1 Å². The van der Waals surface area contributed by atoms with Crippen molar-refractivity contribution in [2.45, 2.75) is 13.1 Å². The molecule has 6 heteroatoms. The van der Waals surface area contributed by atoms with Crippen LogP contribution in [-0.2, 0) is 24.9 Å². The van der Waals surface area contributed by atoms with Crippen molar-refractivity contribution in [2.24, 2.45) is 7.05 Å². The normalized spacial score (nSPS) is 13.3. The Morgan fingerprint density at radius 2 is 2.29 bits per heavy atom. The average Bonchev–Trinajstić information content (AvgIpc) is 2.68. The van der Waals surface area contributed by atoms with Crippen LogP contribution in [0.1, 0.15) is 21.7 Å². The molecule has 0 aliphatic carbocycles. The second-order valence-corrected chi connectivity index (χ2v) is 2.99. The summed E-state index contributed by atoms with van der Waals surface area (Å²) < 4.78 is 6.36. The molecule has 1 N–H and O–H groups in total. The molecule has 1 aromatic rings. The van der Waals surface area contributed by atoms with Gasteiger partial charge >= 0.3 is 5.97 Å². The summed E-state index contributed by atoms with van der Waals surface area (Å²) >= 11 is 0. The minimum atomic E-state index is -0.361. The van der Waals surface area contributed by atoms with Crippen LogP contribution in [0.25, 0.3) is 0 Å². The Balaban J connectivity index is 0.000000980. The number of fused-ring (bicyclic) bond motifs is 1. The molecule has 1 aromatic heterocycles. The Labute approximate surface area is 87.8 Å². The molecule has 0 bridgehead atoms. The van der Waals surface area contributed by atoms with Gasteiger partial charge in [-0.25, -0.2) is 4.79 Å². The van der Waals surface area contributed by atoms with E-state index in [4.69, 9.17) is 0 Å². The van der Waals surface area contributed by atoms with Crippen LogP contribution >= 0.6 is 12.4 Å². The Kier molecular flexibility index (Phi) is 3.13. The molecule has 78 valence electrons. The van der Waals surface area contributed by atoms with Gasteiger partial charge in [0.2, 0.25) is 0 Å². The molecule has 2 heterocycles. The second-order valence-electron chi connectivity index (χ2n) is 2.99. The highest BCUT2D eigenvalue weighted by Gasteiger charge is 2.24. The van der Waals surface area contributed by atoms with Crippen molar-refractivity contribution in [3.05, 3.63) is 17.0 Å². The number of aromatic nitrogens is 2. The second kappa shape index (κ2) is 3.98. The van der Waals surface area contributed by atoms with Crippen molar-refractivity contribution in [3.8, 4) is 0 Å². The third-order valence-electron chi connectivity index (χ3n) is 2.25. The molecule has 0 amide bonds. The van der Waals surface area contributed by atoms with Crippen molar-refractivity contribution in [1.82, 2.24) is 15.1 Å². The van der Waals surface area contributed by atoms with Gasteiger partial charge in [0.1, 0.15) is 0 Å². The fraction of sp³-hybridized carbons (Fsp3) is 0.500. The van der Waals surface area contributed by atoms with E-state index in [1.54, 1.807) is 4.68 Å². The first-order valence-electron chi connectivity index (χ1n) is 4.08. The number of hydrogen-bond acceptors (Lipinski definition) is 4. The van der Waals surface area contributed by atoms with Crippen molar-refractivity contribution in [3.63, 3.8) is 0 Å². The number of nitrogens with one attached hydrogen (secondary N) is 1. The predicted molar refractivity (Wildman–Crippen MR) is 52.3 cm³/mol. The maximum absolute atomic E-state index is 11.3. The average molecular weight is 218 g/mol. The van der Waals surface area contributed by atoms with E-state index in [1.807, 2.05) is 7.05 Å². The van der Waals surface area contributed by atoms with Gasteiger partial charge in [-0.1, -0.05) is 0 Å². The molecule has 0 fully saturated rings. The minimum Gasteiger partial charge on any atom is -0.464 e. The molecule has 0 spiro atoms. The highest BCUT2D eigenvalue weighted by Crippen LogP contribution is 2.19. The number of ether oxygens (including phenoxy) is 1. The standard InChI is InChI=1S/C8H11N3O2.ClH/c1-11-6-4-9-3-5(6)7(10-11)8(12)13-2;/h9H,3-4H2,1-2H3;1H. The number of rotatable bonds is 1. The number of halogens is 1. The third kappa shape index (κ3) is 1.49. The summed E-state index contributed by atoms with van der Waals surface area (Å²) in [5, 5.41) is 7.26. The summed E-state index contributed by atoms with van der Waals surface area (Å²) in [6.07, 6.45) is 0. The van der Waals surface area contributed by atoms with Crippen LogP contribution in [0.15, 0.2) is 0 Å². The SMILES string of the molecule is COC(=O)c1nn(C)c2c1CNC2.Cl. The Morgan fingerprint density at radius 1 is 1.57 bits per heavy atom. The molecule has 0 aromatic carbocycles. The molecule has 2 rings (SSSR count). The maximum atomic E-state index is 11.3. The monoisotopic (exact) mass is 217 g/mol. The predicted octanol–water partition coefficient (Wildman–Crippen LogP) is 0.232. The van der Waals surface area contributed by atoms with Crippen molar-refractivity contribution in [2.75, 3.05) is 7.11 Å². The van der Waals surface area contributed by atoms with Crippen LogP contribution in [0.2, 0.25) is 0 Å². The van der Waals surface area contributed by atoms with E-state index in [0.717, 1.165) is 17.8 Å². The Morgan fingerprint density at radius 3 is 2.93 bits per heavy atom. The Hall–Kier alpha value is -1.07. The van der Waals surface area contributed by atoms with E-state index in [2.05, 4.69) is 15.2 Å². The van der Waals surface area contributed by atoms with Gasteiger partial charge in [0.15, 0.2) is 5.69 Å². The van der Waals surface area contributed by atoms with E-state index in [1.165, 1.54) is 7.11 Å². The highest BCUT2D eigenvalue weighted by atomic mass is 35.5. The smallest absolute Gasteiger partial charge is 0.358 e. The molecule has 0 saturated carbocycles. The molecule has 0 unspecified atom stereocenters. The first-order valence-corrected chi connectivity index (χ1v) is 4.08. The van der Waals surface area contributed by atoms with Crippen LogP contribution < -0.4 is 5.32 Å². The molecular weight excluding hydrogens is 206 g/mol. The molecule has 0 atom stereocenters. The fourth-order valence-electron chi connectivity index (χ4n) is 1.58. The van der Waals surface area contributed by atoms with E-state index in [0.29, 0.717) is 12.2 Å². The van der Waals surface area contributed by atoms with E-state index < -0.39 is 0 Å². The first kappa shape index (κ1) is 11.0. The zero-order valence-corrected chi connectivity index (χ0v) is 8.85. The van der Waals surface area contributed by atoms with Crippen LogP contribution in [0.5, 0.6) is 0 Å². The summed E-state index contributed by atoms with van der Waals surface area (Å²) in [4.78, 5) is 11.3. The van der Waals surface area contributed by atoms with Crippen molar-refractivity contribution in [1.29, 1.82) is 0 Å². The van der Waals surface area contributed by atoms with Crippen LogP contribution in [-0.4, -0.2) is 22.9 Å². The van der Waals surface area contributed by atoms with Gasteiger partial charge in [-0.05, 0) is 0 Å². The fourth-order valence-corrected chi connectivity index (χ4v) is 1.58. The summed E-state index contributed by atoms with van der Waals surface area (Å²) in [6, 6.07) is 0. The molecule has 1 aliphatic rings. The van der Waals surface area contributed by atoms with E-state index in [9.17, 15) is 4.79 Å². The molecule has 5 nitrogen and oxygen atoms in total. The van der Waals surface area contributed by atoms with Crippen LogP contribution in [0.4, 0.5) is 0 Å². The molecule has 0 radical (unpaired) electrons. The lowest BCUT2D eigenvalue weighted by atomic mass is 10.2. The van der Waals surface area contributed by atoms with Gasteiger partial charge in [-0.15, -0.1) is 12.4 Å². The van der Waals surface area contributed by atoms with Crippen LogP contribution in [0.3, 0.4) is 0 Å². The first-order chi connectivity index (χ1) is 6.24. The summed E-state index contributed by atoms with van der Waals surface area (Å²) in [5.41, 5.74) is 2.47. The number of nitrogens with zero attached hydrogens (tertiary/aromatic N) is 2. The van der Waals surface area contributed by atoms with Gasteiger partial charge in [0.05, 0.1) is 12.8 Å². The minimum absolute atomic E-state index is 0. The zero-order valence-electron chi connectivity index (χ0n) is 8.03. The molecular formula is C8H12ClN3O2. The summed E-state index contributed by atoms with van der Waals surface area (Å²) in [7, 11) is 3.20. The number of esters is 1. The summed E-state index contributed by atoms with van der Waals surface area (Å²) in [6.45, 7) is 1.48. The quantitative estimate of drug-likeness (QED) is 0.685. The van der Waals surface area contributed by atoms with Gasteiger partial charge in [-0.2, -0.15) is 5.10 Å². The third-order valence-corrected chi connectivity index (χ3v) is 2.25. The molecule has 1 aliphatic heterocycles. The Bertz CT molecular complexity index is 362. The lowest BCUT2D eigenvalue weighted by Gasteiger charge is -1.96. The lowest BCUT2D eigenvalue weighted by Crippen LogP contribution is -2.10. The highest BCUT2D eigenvalue weighted by molar-refractivity contribution is 5.89. The number of carbonyl (C=O) groups is 1. The van der Waals surface area contributed by atoms with E-state index in [-0.39, 0.29) is 18.4 Å². The summed E-state index contributed by atoms with van der Waals surface area (Å²) in [5.74, 6) is -0.361. The van der Waals surface area contributed by atoms with Crippen molar-refractivity contribution >= 4 is 18.4 Å². The molecule has 14 heavy (non-hydrogen) atoms. The van der Waals surface area contributed by atoms with Gasteiger partial charge in [0.25, 0.3) is 0 Å². The van der Waals surface area contributed by atoms with Gasteiger partial charge < -0.3 is 10.1 Å². The number of aryl methyl sites for hydroxylation is 1. The lowest BCUT2D eigenvalue weighted by molar-refractivity contribution is 0.0592. The van der Waals surface area contributed by atoms with Gasteiger partial charge in [0, 0.05) is 25.7 Å². The number of carbonyl (C=O) groups excluding carboxylic acids is 1. The number of methoxy groups -OCH3 is 1. The van der Waals surface area contributed by atoms with Crippen molar-refractivity contribution < 1.29 is 9.53 Å². The van der Waals surface area contributed by atoms with Gasteiger partial charge in [-0.3, -0.25) is 4.68 Å². The molecule has 0 saturated heterocycles. The van der Waals surface area contributed by atoms with E-state index >= 15 is 0 Å².